The summed E-state index contributed by atoms with van der Waals surface area (Å²) in [6.45, 7) is 2.08. The zero-order valence-corrected chi connectivity index (χ0v) is 14.9. The number of furan rings is 1. The first-order valence-corrected chi connectivity index (χ1v) is 9.09. The Morgan fingerprint density at radius 1 is 1.11 bits per heavy atom. The molecule has 1 amide bonds. The summed E-state index contributed by atoms with van der Waals surface area (Å²) in [5.41, 5.74) is 2.99. The van der Waals surface area contributed by atoms with E-state index in [-0.39, 0.29) is 11.9 Å². The van der Waals surface area contributed by atoms with E-state index in [1.165, 1.54) is 29.3 Å². The maximum atomic E-state index is 13.4. The molecule has 0 radical (unpaired) electrons. The van der Waals surface area contributed by atoms with E-state index < -0.39 is 5.82 Å². The van der Waals surface area contributed by atoms with Crippen molar-refractivity contribution in [1.29, 1.82) is 0 Å². The second kappa shape index (κ2) is 7.76. The summed E-state index contributed by atoms with van der Waals surface area (Å²) in [5.74, 6) is 0.107. The van der Waals surface area contributed by atoms with Gasteiger partial charge in [0.05, 0.1) is 12.3 Å². The fraction of sp³-hybridized carbons (Fsp3) is 0.227. The predicted octanol–water partition coefficient (Wildman–Crippen LogP) is 3.95. The van der Waals surface area contributed by atoms with Gasteiger partial charge in [-0.1, -0.05) is 30.3 Å². The minimum Gasteiger partial charge on any atom is -0.468 e. The monoisotopic (exact) mass is 364 g/mol. The van der Waals surface area contributed by atoms with Crippen LogP contribution in [0.4, 0.5) is 4.39 Å². The zero-order valence-electron chi connectivity index (χ0n) is 14.9. The van der Waals surface area contributed by atoms with Crippen molar-refractivity contribution < 1.29 is 13.6 Å². The lowest BCUT2D eigenvalue weighted by molar-refractivity contribution is 0.0918. The Morgan fingerprint density at radius 3 is 2.74 bits per heavy atom. The smallest absolute Gasteiger partial charge is 0.251 e. The third-order valence-corrected chi connectivity index (χ3v) is 5.02. The molecule has 1 aliphatic heterocycles. The summed E-state index contributed by atoms with van der Waals surface area (Å²) in [7, 11) is 0. The SMILES string of the molecule is O=C(NC[C@@H](c1ccco1)N1CCc2ccccc2C1)c1cccc(F)c1. The van der Waals surface area contributed by atoms with Gasteiger partial charge in [0.25, 0.3) is 5.91 Å². The third-order valence-electron chi connectivity index (χ3n) is 5.02. The molecule has 4 nitrogen and oxygen atoms in total. The van der Waals surface area contributed by atoms with Crippen molar-refractivity contribution in [3.05, 3.63) is 95.2 Å². The maximum absolute atomic E-state index is 13.4. The minimum absolute atomic E-state index is 0.0779. The molecule has 1 N–H and O–H groups in total. The number of benzene rings is 2. The molecule has 1 aliphatic rings. The fourth-order valence-electron chi connectivity index (χ4n) is 3.60. The lowest BCUT2D eigenvalue weighted by Crippen LogP contribution is -2.40. The van der Waals surface area contributed by atoms with Crippen LogP contribution in [-0.4, -0.2) is 23.9 Å². The van der Waals surface area contributed by atoms with Crippen molar-refractivity contribution in [2.24, 2.45) is 0 Å². The Bertz CT molecular complexity index is 924. The summed E-state index contributed by atoms with van der Waals surface area (Å²) in [5, 5.41) is 2.93. The molecule has 138 valence electrons. The number of hydrogen-bond donors (Lipinski definition) is 1. The average molecular weight is 364 g/mol. The van der Waals surface area contributed by atoms with Crippen molar-refractivity contribution in [3.8, 4) is 0 Å². The van der Waals surface area contributed by atoms with Crippen molar-refractivity contribution in [2.75, 3.05) is 13.1 Å². The second-order valence-electron chi connectivity index (χ2n) is 6.74. The van der Waals surface area contributed by atoms with Gasteiger partial charge in [0.15, 0.2) is 0 Å². The Labute approximate surface area is 157 Å². The van der Waals surface area contributed by atoms with Crippen LogP contribution in [0.25, 0.3) is 0 Å². The van der Waals surface area contributed by atoms with Crippen LogP contribution in [-0.2, 0) is 13.0 Å². The highest BCUT2D eigenvalue weighted by Gasteiger charge is 2.27. The molecule has 0 saturated heterocycles. The van der Waals surface area contributed by atoms with Gasteiger partial charge in [0.2, 0.25) is 0 Å². The highest BCUT2D eigenvalue weighted by atomic mass is 19.1. The highest BCUT2D eigenvalue weighted by Crippen LogP contribution is 2.28. The number of nitrogens with one attached hydrogen (secondary N) is 1. The average Bonchev–Trinajstić information content (AvgIpc) is 3.22. The largest absolute Gasteiger partial charge is 0.468 e. The number of carbonyl (C=O) groups is 1. The van der Waals surface area contributed by atoms with Crippen LogP contribution in [0.1, 0.15) is 33.3 Å². The van der Waals surface area contributed by atoms with Gasteiger partial charge in [0.1, 0.15) is 11.6 Å². The van der Waals surface area contributed by atoms with Crippen molar-refractivity contribution in [3.63, 3.8) is 0 Å². The van der Waals surface area contributed by atoms with Crippen LogP contribution in [0.3, 0.4) is 0 Å². The Balaban J connectivity index is 1.50. The number of halogens is 1. The Hall–Kier alpha value is -2.92. The quantitative estimate of drug-likeness (QED) is 0.746. The molecular weight excluding hydrogens is 343 g/mol. The number of carbonyl (C=O) groups excluding carboxylic acids is 1. The topological polar surface area (TPSA) is 45.5 Å². The molecule has 0 saturated carbocycles. The van der Waals surface area contributed by atoms with Gasteiger partial charge >= 0.3 is 0 Å². The molecule has 0 fully saturated rings. The van der Waals surface area contributed by atoms with Crippen molar-refractivity contribution in [2.45, 2.75) is 19.0 Å². The molecule has 5 heteroatoms. The van der Waals surface area contributed by atoms with Crippen molar-refractivity contribution in [1.82, 2.24) is 10.2 Å². The van der Waals surface area contributed by atoms with E-state index in [2.05, 4.69) is 34.5 Å². The van der Waals surface area contributed by atoms with E-state index >= 15 is 0 Å². The van der Waals surface area contributed by atoms with Crippen LogP contribution < -0.4 is 5.32 Å². The first kappa shape index (κ1) is 17.5. The van der Waals surface area contributed by atoms with E-state index in [1.54, 1.807) is 12.3 Å². The molecule has 1 atom stereocenters. The van der Waals surface area contributed by atoms with Crippen molar-refractivity contribution >= 4 is 5.91 Å². The highest BCUT2D eigenvalue weighted by molar-refractivity contribution is 5.94. The molecule has 0 spiro atoms. The molecular formula is C22H21FN2O2. The molecule has 4 rings (SSSR count). The first-order valence-electron chi connectivity index (χ1n) is 9.09. The number of amides is 1. The summed E-state index contributed by atoms with van der Waals surface area (Å²) in [6, 6.07) is 17.9. The van der Waals surface area contributed by atoms with E-state index in [1.807, 2.05) is 12.1 Å². The lowest BCUT2D eigenvalue weighted by Gasteiger charge is -2.34. The summed E-state index contributed by atoms with van der Waals surface area (Å²) < 4.78 is 19.0. The molecule has 3 aromatic rings. The molecule has 27 heavy (non-hydrogen) atoms. The van der Waals surface area contributed by atoms with Crippen LogP contribution in [0.5, 0.6) is 0 Å². The maximum Gasteiger partial charge on any atom is 0.251 e. The summed E-state index contributed by atoms with van der Waals surface area (Å²) in [4.78, 5) is 14.7. The van der Waals surface area contributed by atoms with E-state index in [0.29, 0.717) is 12.1 Å². The third kappa shape index (κ3) is 3.93. The molecule has 2 heterocycles. The van der Waals surface area contributed by atoms with Crippen LogP contribution >= 0.6 is 0 Å². The van der Waals surface area contributed by atoms with Crippen LogP contribution in [0.15, 0.2) is 71.3 Å². The van der Waals surface area contributed by atoms with E-state index in [9.17, 15) is 9.18 Å². The molecule has 0 aliphatic carbocycles. The van der Waals surface area contributed by atoms with E-state index in [0.717, 1.165) is 25.3 Å². The number of nitrogens with zero attached hydrogens (tertiary/aromatic N) is 1. The zero-order chi connectivity index (χ0) is 18.6. The minimum atomic E-state index is -0.419. The number of fused-ring (bicyclic) bond motifs is 1. The molecule has 0 bridgehead atoms. The second-order valence-corrected chi connectivity index (χ2v) is 6.74. The van der Waals surface area contributed by atoms with Gasteiger partial charge < -0.3 is 9.73 Å². The van der Waals surface area contributed by atoms with Gasteiger partial charge in [-0.2, -0.15) is 0 Å². The van der Waals surface area contributed by atoms with Gasteiger partial charge in [0, 0.05) is 25.2 Å². The Morgan fingerprint density at radius 2 is 1.96 bits per heavy atom. The number of hydrogen-bond acceptors (Lipinski definition) is 3. The summed E-state index contributed by atoms with van der Waals surface area (Å²) in [6.07, 6.45) is 2.61. The van der Waals surface area contributed by atoms with Crippen LogP contribution in [0.2, 0.25) is 0 Å². The molecule has 1 aromatic heterocycles. The first-order chi connectivity index (χ1) is 13.2. The Kier molecular flexibility index (Phi) is 5.03. The molecule has 2 aromatic carbocycles. The fourth-order valence-corrected chi connectivity index (χ4v) is 3.60. The normalized spacial score (nSPS) is 15.1. The van der Waals surface area contributed by atoms with Crippen LogP contribution in [0, 0.1) is 5.82 Å². The molecule has 0 unspecified atom stereocenters. The predicted molar refractivity (Wildman–Crippen MR) is 101 cm³/mol. The van der Waals surface area contributed by atoms with Gasteiger partial charge in [-0.25, -0.2) is 4.39 Å². The van der Waals surface area contributed by atoms with E-state index in [4.69, 9.17) is 4.42 Å². The number of rotatable bonds is 5. The standard InChI is InChI=1S/C22H21FN2O2/c23-19-8-3-7-17(13-19)22(26)24-14-20(21-9-4-12-27-21)25-11-10-16-5-1-2-6-18(16)15-25/h1-9,12-13,20H,10-11,14-15H2,(H,24,26)/t20-/m0/s1. The van der Waals surface area contributed by atoms with Gasteiger partial charge in [-0.15, -0.1) is 0 Å². The lowest BCUT2D eigenvalue weighted by atomic mass is 9.98. The van der Waals surface area contributed by atoms with Gasteiger partial charge in [-0.3, -0.25) is 9.69 Å². The van der Waals surface area contributed by atoms with Gasteiger partial charge in [-0.05, 0) is 47.9 Å². The summed E-state index contributed by atoms with van der Waals surface area (Å²) >= 11 is 0.